The minimum Gasteiger partial charge on any atom is -0.489 e. The molecule has 0 atom stereocenters. The van der Waals surface area contributed by atoms with Crippen molar-refractivity contribution in [2.24, 2.45) is 0 Å². The molecule has 2 heterocycles. The lowest BCUT2D eigenvalue weighted by Crippen LogP contribution is -2.42. The maximum absolute atomic E-state index is 12.6. The molecule has 0 aliphatic carbocycles. The Morgan fingerprint density at radius 3 is 2.61 bits per heavy atom. The van der Waals surface area contributed by atoms with Crippen molar-refractivity contribution in [1.29, 1.82) is 0 Å². The third-order valence-electron chi connectivity index (χ3n) is 4.11. The predicted molar refractivity (Wildman–Crippen MR) is 87.0 cm³/mol. The molecule has 5 nitrogen and oxygen atoms in total. The summed E-state index contributed by atoms with van der Waals surface area (Å²) < 4.78 is 11.0. The fourth-order valence-corrected chi connectivity index (χ4v) is 3.02. The molecule has 122 valence electrons. The van der Waals surface area contributed by atoms with Crippen LogP contribution in [0.3, 0.4) is 0 Å². The lowest BCUT2D eigenvalue weighted by Gasteiger charge is -2.32. The summed E-state index contributed by atoms with van der Waals surface area (Å²) in [6, 6.07) is 7.45. The van der Waals surface area contributed by atoms with Crippen molar-refractivity contribution < 1.29 is 14.1 Å². The number of amides is 1. The molecule has 0 unspecified atom stereocenters. The van der Waals surface area contributed by atoms with Crippen LogP contribution in [-0.4, -0.2) is 35.2 Å². The third kappa shape index (κ3) is 3.34. The Kier molecular flexibility index (Phi) is 4.57. The minimum absolute atomic E-state index is 0.0163. The van der Waals surface area contributed by atoms with Gasteiger partial charge >= 0.3 is 0 Å². The second-order valence-electron chi connectivity index (χ2n) is 5.74. The van der Waals surface area contributed by atoms with Crippen molar-refractivity contribution >= 4 is 17.5 Å². The van der Waals surface area contributed by atoms with Crippen LogP contribution in [0.25, 0.3) is 0 Å². The summed E-state index contributed by atoms with van der Waals surface area (Å²) in [6.45, 7) is 4.85. The number of carbonyl (C=O) groups excluding carboxylic acids is 1. The van der Waals surface area contributed by atoms with Gasteiger partial charge in [-0.05, 0) is 26.0 Å². The second-order valence-corrected chi connectivity index (χ2v) is 6.15. The van der Waals surface area contributed by atoms with Gasteiger partial charge in [0.15, 0.2) is 0 Å². The molecule has 0 radical (unpaired) electrons. The number of hydrogen-bond donors (Lipinski definition) is 0. The van der Waals surface area contributed by atoms with Gasteiger partial charge in [-0.1, -0.05) is 28.9 Å². The van der Waals surface area contributed by atoms with E-state index in [0.717, 1.165) is 12.8 Å². The van der Waals surface area contributed by atoms with Gasteiger partial charge in [-0.15, -0.1) is 0 Å². The lowest BCUT2D eigenvalue weighted by molar-refractivity contribution is 0.0593. The topological polar surface area (TPSA) is 55.6 Å². The normalized spacial score (nSPS) is 15.7. The number of carbonyl (C=O) groups is 1. The minimum atomic E-state index is -0.0163. The highest BCUT2D eigenvalue weighted by Crippen LogP contribution is 2.27. The molecule has 0 bridgehead atoms. The van der Waals surface area contributed by atoms with Crippen molar-refractivity contribution in [3.05, 3.63) is 46.3 Å². The number of aromatic nitrogens is 1. The lowest BCUT2D eigenvalue weighted by atomic mass is 10.1. The fourth-order valence-electron chi connectivity index (χ4n) is 2.84. The van der Waals surface area contributed by atoms with Crippen LogP contribution in [0.1, 0.15) is 34.7 Å². The van der Waals surface area contributed by atoms with Crippen LogP contribution in [0, 0.1) is 13.8 Å². The highest BCUT2D eigenvalue weighted by molar-refractivity contribution is 6.32. The molecule has 1 fully saturated rings. The van der Waals surface area contributed by atoms with Crippen molar-refractivity contribution in [3.63, 3.8) is 0 Å². The van der Waals surface area contributed by atoms with Crippen molar-refractivity contribution in [3.8, 4) is 5.75 Å². The van der Waals surface area contributed by atoms with E-state index >= 15 is 0 Å². The molecule has 0 N–H and O–H groups in total. The number of ether oxygens (including phenoxy) is 1. The van der Waals surface area contributed by atoms with Gasteiger partial charge in [-0.3, -0.25) is 4.79 Å². The highest BCUT2D eigenvalue weighted by atomic mass is 35.5. The quantitative estimate of drug-likeness (QED) is 0.860. The molecular formula is C17H19ClN2O3. The molecule has 1 amide bonds. The van der Waals surface area contributed by atoms with E-state index in [1.165, 1.54) is 0 Å². The van der Waals surface area contributed by atoms with Crippen LogP contribution in [0.5, 0.6) is 5.75 Å². The molecule has 0 spiro atoms. The van der Waals surface area contributed by atoms with Crippen LogP contribution >= 0.6 is 11.6 Å². The maximum atomic E-state index is 12.6. The summed E-state index contributed by atoms with van der Waals surface area (Å²) in [6.07, 6.45) is 1.63. The summed E-state index contributed by atoms with van der Waals surface area (Å²) >= 11 is 6.12. The first-order valence-corrected chi connectivity index (χ1v) is 8.07. The first-order chi connectivity index (χ1) is 11.1. The largest absolute Gasteiger partial charge is 0.489 e. The van der Waals surface area contributed by atoms with Crippen molar-refractivity contribution in [2.75, 3.05) is 13.1 Å². The molecular weight excluding hydrogens is 316 g/mol. The molecule has 1 aliphatic rings. The summed E-state index contributed by atoms with van der Waals surface area (Å²) in [5.74, 6) is 1.25. The smallest absolute Gasteiger partial charge is 0.259 e. The Morgan fingerprint density at radius 1 is 1.30 bits per heavy atom. The van der Waals surface area contributed by atoms with E-state index in [2.05, 4.69) is 5.16 Å². The van der Waals surface area contributed by atoms with E-state index in [1.807, 2.05) is 29.2 Å². The zero-order valence-electron chi connectivity index (χ0n) is 13.2. The summed E-state index contributed by atoms with van der Waals surface area (Å²) in [5, 5.41) is 4.46. The molecule has 1 aliphatic heterocycles. The van der Waals surface area contributed by atoms with E-state index in [-0.39, 0.29) is 12.0 Å². The maximum Gasteiger partial charge on any atom is 0.259 e. The Balaban J connectivity index is 1.60. The number of benzene rings is 1. The first kappa shape index (κ1) is 15.9. The summed E-state index contributed by atoms with van der Waals surface area (Å²) in [5.41, 5.74) is 1.22. The van der Waals surface area contributed by atoms with E-state index < -0.39 is 0 Å². The first-order valence-electron chi connectivity index (χ1n) is 7.69. The van der Waals surface area contributed by atoms with Gasteiger partial charge in [0, 0.05) is 25.9 Å². The van der Waals surface area contributed by atoms with Gasteiger partial charge in [-0.25, -0.2) is 0 Å². The zero-order chi connectivity index (χ0) is 16.4. The van der Waals surface area contributed by atoms with Crippen LogP contribution in [0.15, 0.2) is 28.8 Å². The average molecular weight is 335 g/mol. The fraction of sp³-hybridized carbons (Fsp3) is 0.412. The molecule has 1 saturated heterocycles. The van der Waals surface area contributed by atoms with Crippen LogP contribution in [0.2, 0.25) is 5.02 Å². The Labute approximate surface area is 140 Å². The zero-order valence-corrected chi connectivity index (χ0v) is 14.0. The van der Waals surface area contributed by atoms with Gasteiger partial charge in [0.1, 0.15) is 23.2 Å². The number of para-hydroxylation sites is 1. The molecule has 23 heavy (non-hydrogen) atoms. The number of piperidine rings is 1. The van der Waals surface area contributed by atoms with E-state index in [9.17, 15) is 4.79 Å². The van der Waals surface area contributed by atoms with E-state index in [4.69, 9.17) is 20.9 Å². The number of halogens is 1. The number of aryl methyl sites for hydroxylation is 2. The summed E-state index contributed by atoms with van der Waals surface area (Å²) in [7, 11) is 0. The van der Waals surface area contributed by atoms with Crippen molar-refractivity contribution in [1.82, 2.24) is 10.1 Å². The van der Waals surface area contributed by atoms with Gasteiger partial charge in [0.25, 0.3) is 5.91 Å². The molecule has 6 heteroatoms. The number of hydrogen-bond acceptors (Lipinski definition) is 4. The standard InChI is InChI=1S/C17H19ClN2O3/c1-11-16(12(2)23-19-11)17(21)20-9-7-13(8-10-20)22-15-6-4-3-5-14(15)18/h3-6,13H,7-10H2,1-2H3. The van der Waals surface area contributed by atoms with Crippen LogP contribution in [0.4, 0.5) is 0 Å². The van der Waals surface area contributed by atoms with Gasteiger partial charge in [0.05, 0.1) is 10.7 Å². The van der Waals surface area contributed by atoms with Gasteiger partial charge in [-0.2, -0.15) is 0 Å². The molecule has 0 saturated carbocycles. The number of rotatable bonds is 3. The summed E-state index contributed by atoms with van der Waals surface area (Å²) in [4.78, 5) is 14.4. The van der Waals surface area contributed by atoms with E-state index in [0.29, 0.717) is 40.9 Å². The monoisotopic (exact) mass is 334 g/mol. The van der Waals surface area contributed by atoms with E-state index in [1.54, 1.807) is 13.8 Å². The Morgan fingerprint density at radius 2 is 2.00 bits per heavy atom. The average Bonchev–Trinajstić information content (AvgIpc) is 2.88. The highest BCUT2D eigenvalue weighted by Gasteiger charge is 2.28. The number of likely N-dealkylation sites (tertiary alicyclic amines) is 1. The SMILES string of the molecule is Cc1noc(C)c1C(=O)N1CCC(Oc2ccccc2Cl)CC1. The molecule has 1 aromatic carbocycles. The molecule has 2 aromatic rings. The second kappa shape index (κ2) is 6.62. The third-order valence-corrected chi connectivity index (χ3v) is 4.42. The molecule has 3 rings (SSSR count). The van der Waals surface area contributed by atoms with Gasteiger partial charge < -0.3 is 14.2 Å². The molecule has 1 aromatic heterocycles. The predicted octanol–water partition coefficient (Wildman–Crippen LogP) is 3.63. The van der Waals surface area contributed by atoms with Crippen molar-refractivity contribution in [2.45, 2.75) is 32.8 Å². The number of nitrogens with zero attached hydrogens (tertiary/aromatic N) is 2. The van der Waals surface area contributed by atoms with Gasteiger partial charge in [0.2, 0.25) is 0 Å². The Bertz CT molecular complexity index is 686. The Hall–Kier alpha value is -2.01. The van der Waals surface area contributed by atoms with Crippen LogP contribution < -0.4 is 4.74 Å². The van der Waals surface area contributed by atoms with Crippen LogP contribution in [-0.2, 0) is 0 Å².